The molecule has 20 heavy (non-hydrogen) atoms. The van der Waals surface area contributed by atoms with Gasteiger partial charge in [-0.2, -0.15) is 0 Å². The van der Waals surface area contributed by atoms with Crippen LogP contribution in [-0.4, -0.2) is 14.2 Å². The molecule has 1 N–H and O–H groups in total. The van der Waals surface area contributed by atoms with Crippen LogP contribution in [0, 0.1) is 0 Å². The van der Waals surface area contributed by atoms with Crippen LogP contribution in [0.3, 0.4) is 0 Å². The second-order valence-corrected chi connectivity index (χ2v) is 6.49. The van der Waals surface area contributed by atoms with Crippen molar-refractivity contribution in [3.8, 4) is 5.75 Å². The summed E-state index contributed by atoms with van der Waals surface area (Å²) in [5.74, 6) is 0.789. The first-order valence-electron chi connectivity index (χ1n) is 6.02. The number of hydrogen-bond acceptors (Lipinski definition) is 2. The molecule has 0 aliphatic carbocycles. The summed E-state index contributed by atoms with van der Waals surface area (Å²) in [5.41, 5.74) is 2.14. The fraction of sp³-hybridized carbons (Fsp3) is 0.200. The summed E-state index contributed by atoms with van der Waals surface area (Å²) in [6.45, 7) is 0. The molecule has 106 valence electrons. The van der Waals surface area contributed by atoms with Crippen molar-refractivity contribution in [1.29, 1.82) is 0 Å². The Kier molecular flexibility index (Phi) is 5.49. The molecule has 5 heteroatoms. The fourth-order valence-electron chi connectivity index (χ4n) is 2.17. The van der Waals surface area contributed by atoms with E-state index in [0.29, 0.717) is 5.02 Å². The maximum absolute atomic E-state index is 6.17. The van der Waals surface area contributed by atoms with E-state index in [9.17, 15) is 0 Å². The Labute approximate surface area is 140 Å². The van der Waals surface area contributed by atoms with Crippen molar-refractivity contribution in [3.63, 3.8) is 0 Å². The molecule has 0 radical (unpaired) electrons. The van der Waals surface area contributed by atoms with E-state index in [2.05, 4.69) is 49.3 Å². The van der Waals surface area contributed by atoms with Gasteiger partial charge >= 0.3 is 0 Å². The quantitative estimate of drug-likeness (QED) is 0.737. The standard InChI is InChI=1S/C15H14Br2ClNO/c1-19-14(9-3-5-10(16)6-4-9)12-7-11(18)8-13(17)15(12)20-2/h3-8,14,19H,1-2H3. The van der Waals surface area contributed by atoms with Crippen LogP contribution in [0.15, 0.2) is 45.3 Å². The Morgan fingerprint density at radius 3 is 2.35 bits per heavy atom. The highest BCUT2D eigenvalue weighted by Gasteiger charge is 2.19. The van der Waals surface area contributed by atoms with Crippen LogP contribution in [0.2, 0.25) is 5.02 Å². The lowest BCUT2D eigenvalue weighted by Crippen LogP contribution is -2.18. The molecular formula is C15H14Br2ClNO. The number of halogens is 3. The molecule has 0 saturated heterocycles. The van der Waals surface area contributed by atoms with Crippen molar-refractivity contribution >= 4 is 43.5 Å². The normalized spacial score (nSPS) is 12.2. The number of ether oxygens (including phenoxy) is 1. The first kappa shape index (κ1) is 15.8. The van der Waals surface area contributed by atoms with Crippen molar-refractivity contribution < 1.29 is 4.74 Å². The van der Waals surface area contributed by atoms with E-state index < -0.39 is 0 Å². The van der Waals surface area contributed by atoms with Gasteiger partial charge in [0, 0.05) is 15.1 Å². The molecule has 2 rings (SSSR count). The zero-order valence-corrected chi connectivity index (χ0v) is 15.0. The van der Waals surface area contributed by atoms with Gasteiger partial charge in [-0.15, -0.1) is 0 Å². The summed E-state index contributed by atoms with van der Waals surface area (Å²) in [6.07, 6.45) is 0. The Morgan fingerprint density at radius 2 is 1.80 bits per heavy atom. The van der Waals surface area contributed by atoms with Gasteiger partial charge in [0.15, 0.2) is 0 Å². The number of hydrogen-bond donors (Lipinski definition) is 1. The van der Waals surface area contributed by atoms with E-state index in [-0.39, 0.29) is 6.04 Å². The predicted octanol–water partition coefficient (Wildman–Crippen LogP) is 5.18. The minimum atomic E-state index is 0.00745. The van der Waals surface area contributed by atoms with Crippen LogP contribution in [0.1, 0.15) is 17.2 Å². The summed E-state index contributed by atoms with van der Waals surface area (Å²) in [5, 5.41) is 3.98. The first-order valence-corrected chi connectivity index (χ1v) is 7.99. The summed E-state index contributed by atoms with van der Waals surface area (Å²) in [6, 6.07) is 11.9. The molecule has 2 aromatic carbocycles. The molecule has 2 nitrogen and oxygen atoms in total. The number of methoxy groups -OCH3 is 1. The van der Waals surface area contributed by atoms with Gasteiger partial charge in [-0.1, -0.05) is 39.7 Å². The molecule has 0 saturated carbocycles. The van der Waals surface area contributed by atoms with E-state index in [0.717, 1.165) is 25.8 Å². The largest absolute Gasteiger partial charge is 0.495 e. The highest BCUT2D eigenvalue weighted by atomic mass is 79.9. The topological polar surface area (TPSA) is 21.3 Å². The highest BCUT2D eigenvalue weighted by Crippen LogP contribution is 2.38. The van der Waals surface area contributed by atoms with Gasteiger partial charge in [0.05, 0.1) is 17.6 Å². The zero-order chi connectivity index (χ0) is 14.7. The van der Waals surface area contributed by atoms with Gasteiger partial charge in [0.25, 0.3) is 0 Å². The van der Waals surface area contributed by atoms with Gasteiger partial charge in [0.2, 0.25) is 0 Å². The van der Waals surface area contributed by atoms with Crippen LogP contribution in [0.4, 0.5) is 0 Å². The molecule has 0 amide bonds. The minimum Gasteiger partial charge on any atom is -0.495 e. The number of rotatable bonds is 4. The van der Waals surface area contributed by atoms with Crippen LogP contribution < -0.4 is 10.1 Å². The highest BCUT2D eigenvalue weighted by molar-refractivity contribution is 9.10. The Morgan fingerprint density at radius 1 is 1.15 bits per heavy atom. The molecule has 1 atom stereocenters. The van der Waals surface area contributed by atoms with Crippen LogP contribution in [-0.2, 0) is 0 Å². The van der Waals surface area contributed by atoms with Gasteiger partial charge in [-0.05, 0) is 52.8 Å². The van der Waals surface area contributed by atoms with E-state index in [1.165, 1.54) is 0 Å². The SMILES string of the molecule is CNC(c1ccc(Br)cc1)c1cc(Cl)cc(Br)c1OC. The van der Waals surface area contributed by atoms with Crippen molar-refractivity contribution in [3.05, 3.63) is 61.5 Å². The minimum absolute atomic E-state index is 0.00745. The molecule has 2 aromatic rings. The third-order valence-corrected chi connectivity index (χ3v) is 4.38. The van der Waals surface area contributed by atoms with Crippen LogP contribution >= 0.6 is 43.5 Å². The summed E-state index contributed by atoms with van der Waals surface area (Å²) < 4.78 is 7.40. The number of nitrogens with one attached hydrogen (secondary N) is 1. The Balaban J connectivity index is 2.54. The Bertz CT molecular complexity index is 602. The smallest absolute Gasteiger partial charge is 0.138 e. The van der Waals surface area contributed by atoms with Crippen molar-refractivity contribution in [2.24, 2.45) is 0 Å². The van der Waals surface area contributed by atoms with Crippen molar-refractivity contribution in [2.45, 2.75) is 6.04 Å². The maximum Gasteiger partial charge on any atom is 0.138 e. The molecule has 0 aromatic heterocycles. The third-order valence-electron chi connectivity index (χ3n) is 3.04. The summed E-state index contributed by atoms with van der Waals surface area (Å²) in [7, 11) is 3.58. The van der Waals surface area contributed by atoms with Gasteiger partial charge in [0.1, 0.15) is 5.75 Å². The fourth-order valence-corrected chi connectivity index (χ4v) is 3.43. The average Bonchev–Trinajstić information content (AvgIpc) is 2.41. The molecule has 0 aliphatic rings. The monoisotopic (exact) mass is 417 g/mol. The van der Waals surface area contributed by atoms with E-state index in [1.54, 1.807) is 7.11 Å². The maximum atomic E-state index is 6.17. The van der Waals surface area contributed by atoms with Crippen LogP contribution in [0.5, 0.6) is 5.75 Å². The van der Waals surface area contributed by atoms with Crippen LogP contribution in [0.25, 0.3) is 0 Å². The first-order chi connectivity index (χ1) is 9.56. The predicted molar refractivity (Wildman–Crippen MR) is 90.7 cm³/mol. The van der Waals surface area contributed by atoms with E-state index in [1.807, 2.05) is 31.3 Å². The van der Waals surface area contributed by atoms with Crippen molar-refractivity contribution in [1.82, 2.24) is 5.32 Å². The number of benzene rings is 2. The van der Waals surface area contributed by atoms with Gasteiger partial charge in [-0.25, -0.2) is 0 Å². The third kappa shape index (κ3) is 3.37. The Hall–Kier alpha value is -0.550. The second kappa shape index (κ2) is 6.94. The van der Waals surface area contributed by atoms with Gasteiger partial charge in [-0.3, -0.25) is 0 Å². The summed E-state index contributed by atoms with van der Waals surface area (Å²) in [4.78, 5) is 0. The molecule has 1 unspecified atom stereocenters. The van der Waals surface area contributed by atoms with Crippen molar-refractivity contribution in [2.75, 3.05) is 14.2 Å². The molecule has 0 fully saturated rings. The lowest BCUT2D eigenvalue weighted by atomic mass is 9.98. The second-order valence-electron chi connectivity index (χ2n) is 4.28. The summed E-state index contributed by atoms with van der Waals surface area (Å²) >= 11 is 13.1. The average molecular weight is 420 g/mol. The lowest BCUT2D eigenvalue weighted by molar-refractivity contribution is 0.402. The zero-order valence-electron chi connectivity index (χ0n) is 11.1. The molecule has 0 heterocycles. The van der Waals surface area contributed by atoms with E-state index >= 15 is 0 Å². The molecular weight excluding hydrogens is 405 g/mol. The van der Waals surface area contributed by atoms with Gasteiger partial charge < -0.3 is 10.1 Å². The molecule has 0 aliphatic heterocycles. The lowest BCUT2D eigenvalue weighted by Gasteiger charge is -2.21. The molecule has 0 spiro atoms. The molecule has 0 bridgehead atoms. The van der Waals surface area contributed by atoms with E-state index in [4.69, 9.17) is 16.3 Å².